The fourth-order valence-corrected chi connectivity index (χ4v) is 4.85. The van der Waals surface area contributed by atoms with Crippen molar-refractivity contribution >= 4 is 7.82 Å². The van der Waals surface area contributed by atoms with E-state index in [-0.39, 0.29) is 0 Å². The van der Waals surface area contributed by atoms with Crippen LogP contribution in [0.4, 0.5) is 0 Å². The summed E-state index contributed by atoms with van der Waals surface area (Å²) in [5, 5.41) is 0. The van der Waals surface area contributed by atoms with Crippen molar-refractivity contribution in [3.8, 4) is 0 Å². The summed E-state index contributed by atoms with van der Waals surface area (Å²) >= 11 is 0. The molecule has 0 saturated heterocycles. The third kappa shape index (κ3) is 11.7. The molecule has 0 bridgehead atoms. The fraction of sp³-hybridized carbons (Fsp3) is 1.00. The van der Waals surface area contributed by atoms with Crippen molar-refractivity contribution in [2.24, 2.45) is 0 Å². The molecule has 0 aromatic rings. The van der Waals surface area contributed by atoms with Crippen LogP contribution in [0.3, 0.4) is 0 Å². The van der Waals surface area contributed by atoms with Crippen molar-refractivity contribution < 1.29 is 22.9 Å². The number of rotatable bonds is 13. The van der Waals surface area contributed by atoms with E-state index < -0.39 is 19.0 Å². The van der Waals surface area contributed by atoms with Gasteiger partial charge in [-0.05, 0) is 60.8 Å². The van der Waals surface area contributed by atoms with Crippen LogP contribution in [0, 0.1) is 0 Å². The van der Waals surface area contributed by atoms with E-state index in [4.69, 9.17) is 13.7 Å². The van der Waals surface area contributed by atoms with Crippen molar-refractivity contribution in [1.29, 1.82) is 0 Å². The smallest absolute Gasteiger partial charge is 0.278 e. The average Bonchev–Trinajstić information content (AvgIpc) is 2.44. The minimum atomic E-state index is -3.73. The zero-order valence-corrected chi connectivity index (χ0v) is 19.8. The Labute approximate surface area is 162 Å². The van der Waals surface area contributed by atoms with Gasteiger partial charge in [-0.3, -0.25) is 9.05 Å². The molecule has 0 unspecified atom stereocenters. The SMILES string of the molecule is CCCC[N+](CCCC)(CCCC)OP(=O)(OC(C)(C)C)OC(C)(C)C. The molecule has 0 aromatic heterocycles. The lowest BCUT2D eigenvalue weighted by atomic mass is 10.2. The number of phosphoric ester groups is 1. The highest BCUT2D eigenvalue weighted by Gasteiger charge is 2.46. The molecule has 0 N–H and O–H groups in total. The second kappa shape index (κ2) is 11.2. The highest BCUT2D eigenvalue weighted by Crippen LogP contribution is 2.57. The average molecular weight is 395 g/mol. The van der Waals surface area contributed by atoms with Crippen LogP contribution in [-0.2, 0) is 18.2 Å². The minimum Gasteiger partial charge on any atom is -0.278 e. The Hall–Kier alpha value is 0.0700. The van der Waals surface area contributed by atoms with E-state index >= 15 is 0 Å². The number of hydroxylamine groups is 3. The molecule has 26 heavy (non-hydrogen) atoms. The second-order valence-corrected chi connectivity index (χ2v) is 10.6. The van der Waals surface area contributed by atoms with Gasteiger partial charge in [-0.1, -0.05) is 44.7 Å². The molecular weight excluding hydrogens is 349 g/mol. The van der Waals surface area contributed by atoms with Crippen molar-refractivity contribution in [2.45, 2.75) is 112 Å². The molecule has 6 heteroatoms. The van der Waals surface area contributed by atoms with Crippen LogP contribution in [0.5, 0.6) is 0 Å². The zero-order valence-electron chi connectivity index (χ0n) is 18.9. The predicted octanol–water partition coefficient (Wildman–Crippen LogP) is 6.87. The van der Waals surface area contributed by atoms with Crippen molar-refractivity contribution in [2.75, 3.05) is 19.6 Å². The standard InChI is InChI=1S/C20H45NO4P/c1-10-13-16-21(17-14-11-2,18-15-12-3)25-26(22,23-19(4,5)6)24-20(7,8)9/h10-18H2,1-9H3/q+1. The molecular formula is C20H45NO4P+. The van der Waals surface area contributed by atoms with Gasteiger partial charge in [-0.25, -0.2) is 4.57 Å². The fourth-order valence-electron chi connectivity index (χ4n) is 2.73. The van der Waals surface area contributed by atoms with E-state index in [1.165, 1.54) is 0 Å². The lowest BCUT2D eigenvalue weighted by molar-refractivity contribution is -1.08. The summed E-state index contributed by atoms with van der Waals surface area (Å²) < 4.78 is 32.1. The molecule has 0 aliphatic carbocycles. The first kappa shape index (κ1) is 26.1. The number of hydrogen-bond acceptors (Lipinski definition) is 4. The van der Waals surface area contributed by atoms with Gasteiger partial charge in [0.25, 0.3) is 0 Å². The normalized spacial score (nSPS) is 14.0. The van der Waals surface area contributed by atoms with Crippen LogP contribution in [0.2, 0.25) is 0 Å². The summed E-state index contributed by atoms with van der Waals surface area (Å²) in [6.45, 7) is 20.3. The summed E-state index contributed by atoms with van der Waals surface area (Å²) in [5.74, 6) is 0. The van der Waals surface area contributed by atoms with Crippen molar-refractivity contribution in [3.63, 3.8) is 0 Å². The van der Waals surface area contributed by atoms with E-state index in [2.05, 4.69) is 20.8 Å². The first-order chi connectivity index (χ1) is 11.8. The first-order valence-corrected chi connectivity index (χ1v) is 11.9. The number of quaternary nitrogens is 1. The summed E-state index contributed by atoms with van der Waals surface area (Å²) in [6.07, 6.45) is 6.31. The van der Waals surface area contributed by atoms with Crippen LogP contribution in [-0.4, -0.2) is 35.5 Å². The molecule has 0 amide bonds. The maximum absolute atomic E-state index is 13.7. The van der Waals surface area contributed by atoms with Crippen LogP contribution in [0.15, 0.2) is 0 Å². The second-order valence-electron chi connectivity index (χ2n) is 9.23. The molecule has 0 spiro atoms. The molecule has 0 fully saturated rings. The quantitative estimate of drug-likeness (QED) is 0.194. The molecule has 0 radical (unpaired) electrons. The molecule has 0 aromatic carbocycles. The van der Waals surface area contributed by atoms with Gasteiger partial charge in [0.15, 0.2) is 0 Å². The maximum Gasteiger partial charge on any atom is 0.521 e. The number of phosphoric acid groups is 1. The van der Waals surface area contributed by atoms with Crippen molar-refractivity contribution in [3.05, 3.63) is 0 Å². The predicted molar refractivity (Wildman–Crippen MR) is 110 cm³/mol. The van der Waals surface area contributed by atoms with Gasteiger partial charge < -0.3 is 0 Å². The Kier molecular flexibility index (Phi) is 11.2. The van der Waals surface area contributed by atoms with Gasteiger partial charge in [-0.15, -0.1) is 0 Å². The Morgan fingerprint density at radius 3 is 1.23 bits per heavy atom. The molecule has 0 atom stereocenters. The van der Waals surface area contributed by atoms with Gasteiger partial charge in [0.2, 0.25) is 0 Å². The molecule has 5 nitrogen and oxygen atoms in total. The van der Waals surface area contributed by atoms with Crippen LogP contribution >= 0.6 is 7.82 Å². The summed E-state index contributed by atoms with van der Waals surface area (Å²) in [7, 11) is -3.73. The Morgan fingerprint density at radius 2 is 1.00 bits per heavy atom. The first-order valence-electron chi connectivity index (χ1n) is 10.4. The molecule has 158 valence electrons. The molecule has 0 rings (SSSR count). The number of hydrogen-bond donors (Lipinski definition) is 0. The molecule has 0 aliphatic heterocycles. The monoisotopic (exact) mass is 394 g/mol. The van der Waals surface area contributed by atoms with E-state index in [0.29, 0.717) is 4.65 Å². The molecule has 0 aliphatic rings. The molecule has 0 heterocycles. The largest absolute Gasteiger partial charge is 0.521 e. The zero-order chi connectivity index (χ0) is 20.5. The van der Waals surface area contributed by atoms with E-state index in [9.17, 15) is 4.57 Å². The summed E-state index contributed by atoms with van der Waals surface area (Å²) in [4.78, 5) is 0. The van der Waals surface area contributed by atoms with Gasteiger partial charge >= 0.3 is 7.82 Å². The van der Waals surface area contributed by atoms with Crippen LogP contribution in [0.1, 0.15) is 101 Å². The number of unbranched alkanes of at least 4 members (excludes halogenated alkanes) is 3. The van der Waals surface area contributed by atoms with Gasteiger partial charge in [0.05, 0.1) is 11.2 Å². The van der Waals surface area contributed by atoms with Gasteiger partial charge in [0, 0.05) is 0 Å². The Morgan fingerprint density at radius 1 is 0.692 bits per heavy atom. The third-order valence-electron chi connectivity index (χ3n) is 3.80. The van der Waals surface area contributed by atoms with E-state index in [1.807, 2.05) is 41.5 Å². The lowest BCUT2D eigenvalue weighted by Gasteiger charge is -2.39. The highest BCUT2D eigenvalue weighted by atomic mass is 31.2. The maximum atomic E-state index is 13.7. The summed E-state index contributed by atoms with van der Waals surface area (Å²) in [6, 6.07) is 0. The summed E-state index contributed by atoms with van der Waals surface area (Å²) in [5.41, 5.74) is -1.23. The lowest BCUT2D eigenvalue weighted by Crippen LogP contribution is -2.50. The van der Waals surface area contributed by atoms with Gasteiger partial charge in [-0.2, -0.15) is 4.65 Å². The number of nitrogens with zero attached hydrogens (tertiary/aromatic N) is 1. The van der Waals surface area contributed by atoms with Crippen LogP contribution < -0.4 is 0 Å². The Bertz CT molecular complexity index is 385. The third-order valence-corrected chi connectivity index (χ3v) is 5.89. The minimum absolute atomic E-state index is 0.360. The van der Waals surface area contributed by atoms with Crippen molar-refractivity contribution in [1.82, 2.24) is 0 Å². The topological polar surface area (TPSA) is 44.8 Å². The molecule has 0 saturated carbocycles. The van der Waals surface area contributed by atoms with E-state index in [0.717, 1.165) is 58.2 Å². The highest BCUT2D eigenvalue weighted by molar-refractivity contribution is 7.48. The van der Waals surface area contributed by atoms with E-state index in [1.54, 1.807) is 0 Å². The van der Waals surface area contributed by atoms with Crippen LogP contribution in [0.25, 0.3) is 0 Å². The Balaban J connectivity index is 5.76. The van der Waals surface area contributed by atoms with Gasteiger partial charge in [0.1, 0.15) is 19.6 Å².